The van der Waals surface area contributed by atoms with Gasteiger partial charge in [-0.1, -0.05) is 84.9 Å². The predicted octanol–water partition coefficient (Wildman–Crippen LogP) is 5.67. The Kier molecular flexibility index (Phi) is 9.68. The average molecular weight is 639 g/mol. The van der Waals surface area contributed by atoms with Gasteiger partial charge in [0.1, 0.15) is 12.7 Å². The second-order valence-corrected chi connectivity index (χ2v) is 11.7. The van der Waals surface area contributed by atoms with E-state index in [1.54, 1.807) is 24.3 Å². The van der Waals surface area contributed by atoms with Gasteiger partial charge in [-0.2, -0.15) is 17.2 Å². The molecule has 1 aliphatic heterocycles. The van der Waals surface area contributed by atoms with Gasteiger partial charge in [-0.15, -0.1) is 0 Å². The molecule has 4 aromatic carbocycles. The quantitative estimate of drug-likeness (QED) is 0.163. The van der Waals surface area contributed by atoms with E-state index in [1.807, 2.05) is 60.7 Å². The summed E-state index contributed by atoms with van der Waals surface area (Å²) in [6.45, 7) is -1.57. The van der Waals surface area contributed by atoms with Gasteiger partial charge in [0.25, 0.3) is 10.1 Å². The third-order valence-electron chi connectivity index (χ3n) is 7.01. The number of carbonyl (C=O) groups is 2. The van der Waals surface area contributed by atoms with Crippen molar-refractivity contribution in [2.24, 2.45) is 0 Å². The maximum atomic E-state index is 15.5. The summed E-state index contributed by atoms with van der Waals surface area (Å²) in [7, 11) is -4.51. The van der Waals surface area contributed by atoms with Gasteiger partial charge in [0.2, 0.25) is 6.29 Å². The number of halogens is 2. The molecule has 12 heteroatoms. The van der Waals surface area contributed by atoms with E-state index in [-0.39, 0.29) is 11.1 Å². The van der Waals surface area contributed by atoms with Crippen LogP contribution in [-0.4, -0.2) is 68.3 Å². The Morgan fingerprint density at radius 3 is 1.69 bits per heavy atom. The molecule has 0 saturated carbocycles. The number of benzene rings is 4. The minimum atomic E-state index is -4.51. The molecule has 0 aliphatic carbocycles. The Morgan fingerprint density at radius 2 is 1.20 bits per heavy atom. The van der Waals surface area contributed by atoms with E-state index in [1.165, 1.54) is 24.3 Å². The highest BCUT2D eigenvalue weighted by atomic mass is 32.2. The zero-order valence-corrected chi connectivity index (χ0v) is 24.4. The highest BCUT2D eigenvalue weighted by Gasteiger charge is 2.62. The number of rotatable bonds is 11. The molecule has 1 unspecified atom stereocenters. The standard InChI is InChI=1S/C33H28F2O9S/c34-33(35)29(44-31(37)27-17-13-25(14-18-27)23-9-5-2-6-10-23)28(43-32(33)41-19-20-45(38,39)40)21-42-30(36)26-15-11-24(12-16-26)22-7-3-1-4-8-22/h1-18,28-29,32H,19-21H2,(H,38,39,40)/t28-,29-,32?/m1/s1. The van der Waals surface area contributed by atoms with E-state index in [9.17, 15) is 18.0 Å². The second-order valence-electron chi connectivity index (χ2n) is 10.1. The van der Waals surface area contributed by atoms with Gasteiger partial charge in [-0.25, -0.2) is 9.59 Å². The zero-order chi connectivity index (χ0) is 32.0. The van der Waals surface area contributed by atoms with Crippen LogP contribution in [0.5, 0.6) is 0 Å². The first-order valence-electron chi connectivity index (χ1n) is 13.8. The second kappa shape index (κ2) is 13.7. The van der Waals surface area contributed by atoms with Crippen molar-refractivity contribution >= 4 is 22.1 Å². The van der Waals surface area contributed by atoms with E-state index >= 15 is 8.78 Å². The lowest BCUT2D eigenvalue weighted by Crippen LogP contribution is -2.45. The molecular formula is C33H28F2O9S. The SMILES string of the molecule is O=C(OC[C@H]1OC(OCCS(=O)(=O)O)C(F)(F)[C@@H]1OC(=O)c1ccc(-c2ccccc2)cc1)c1ccc(-c2ccccc2)cc1. The van der Waals surface area contributed by atoms with E-state index < -0.39 is 65.4 Å². The molecule has 9 nitrogen and oxygen atoms in total. The lowest BCUT2D eigenvalue weighted by Gasteiger charge is -2.23. The topological polar surface area (TPSA) is 125 Å². The van der Waals surface area contributed by atoms with Crippen LogP contribution in [0.4, 0.5) is 8.78 Å². The minimum Gasteiger partial charge on any atom is -0.459 e. The highest BCUT2D eigenvalue weighted by Crippen LogP contribution is 2.39. The van der Waals surface area contributed by atoms with Crippen molar-refractivity contribution in [3.05, 3.63) is 120 Å². The fourth-order valence-corrected chi connectivity index (χ4v) is 4.98. The van der Waals surface area contributed by atoms with Crippen molar-refractivity contribution in [3.63, 3.8) is 0 Å². The van der Waals surface area contributed by atoms with Gasteiger partial charge >= 0.3 is 17.9 Å². The summed E-state index contributed by atoms with van der Waals surface area (Å²) in [6, 6.07) is 31.3. The number of hydrogen-bond acceptors (Lipinski definition) is 8. The Bertz CT molecular complexity index is 1710. The van der Waals surface area contributed by atoms with Crippen molar-refractivity contribution in [3.8, 4) is 22.3 Å². The summed E-state index contributed by atoms with van der Waals surface area (Å²) in [5.41, 5.74) is 3.58. The summed E-state index contributed by atoms with van der Waals surface area (Å²) >= 11 is 0. The van der Waals surface area contributed by atoms with Crippen LogP contribution in [-0.2, 0) is 29.1 Å². The number of alkyl halides is 2. The van der Waals surface area contributed by atoms with E-state index in [0.29, 0.717) is 0 Å². The molecule has 4 aromatic rings. The van der Waals surface area contributed by atoms with Crippen LogP contribution in [0.2, 0.25) is 0 Å². The Balaban J connectivity index is 1.29. The normalized spacial score (nSPS) is 19.1. The van der Waals surface area contributed by atoms with E-state index in [4.69, 9.17) is 23.5 Å². The van der Waals surface area contributed by atoms with Crippen LogP contribution in [0.1, 0.15) is 20.7 Å². The lowest BCUT2D eigenvalue weighted by molar-refractivity contribution is -0.223. The van der Waals surface area contributed by atoms with Crippen molar-refractivity contribution < 1.29 is 50.3 Å². The number of ether oxygens (including phenoxy) is 4. The summed E-state index contributed by atoms with van der Waals surface area (Å²) in [5.74, 6) is -6.87. The Labute approximate surface area is 258 Å². The average Bonchev–Trinajstić information content (AvgIpc) is 3.28. The van der Waals surface area contributed by atoms with Gasteiger partial charge in [-0.05, 0) is 46.5 Å². The van der Waals surface area contributed by atoms with Crippen molar-refractivity contribution in [1.82, 2.24) is 0 Å². The number of hydrogen-bond donors (Lipinski definition) is 1. The summed E-state index contributed by atoms with van der Waals surface area (Å²) in [4.78, 5) is 25.7. The van der Waals surface area contributed by atoms with Crippen molar-refractivity contribution in [2.75, 3.05) is 19.0 Å². The molecule has 1 saturated heterocycles. The van der Waals surface area contributed by atoms with E-state index in [0.717, 1.165) is 22.3 Å². The molecule has 1 N–H and O–H groups in total. The first-order valence-corrected chi connectivity index (χ1v) is 15.4. The molecule has 5 rings (SSSR count). The summed E-state index contributed by atoms with van der Waals surface area (Å²) in [6.07, 6.45) is -6.29. The molecule has 0 aromatic heterocycles. The largest absolute Gasteiger partial charge is 0.459 e. The molecular weight excluding hydrogens is 610 g/mol. The number of esters is 2. The monoisotopic (exact) mass is 638 g/mol. The molecule has 3 atom stereocenters. The fraction of sp³-hybridized carbons (Fsp3) is 0.212. The molecule has 234 valence electrons. The van der Waals surface area contributed by atoms with Gasteiger partial charge < -0.3 is 18.9 Å². The van der Waals surface area contributed by atoms with Crippen LogP contribution in [0.15, 0.2) is 109 Å². The molecule has 0 spiro atoms. The molecule has 1 aliphatic rings. The first-order chi connectivity index (χ1) is 21.5. The molecule has 1 heterocycles. The van der Waals surface area contributed by atoms with Crippen LogP contribution in [0, 0.1) is 0 Å². The van der Waals surface area contributed by atoms with Crippen LogP contribution in [0.25, 0.3) is 22.3 Å². The zero-order valence-electron chi connectivity index (χ0n) is 23.6. The summed E-state index contributed by atoms with van der Waals surface area (Å²) in [5, 5.41) is 0. The van der Waals surface area contributed by atoms with Crippen LogP contribution < -0.4 is 0 Å². The predicted molar refractivity (Wildman–Crippen MR) is 159 cm³/mol. The van der Waals surface area contributed by atoms with Crippen molar-refractivity contribution in [2.45, 2.75) is 24.4 Å². The maximum Gasteiger partial charge on any atom is 0.338 e. The van der Waals surface area contributed by atoms with Gasteiger partial charge in [0.05, 0.1) is 23.5 Å². The number of carbonyl (C=O) groups excluding carboxylic acids is 2. The van der Waals surface area contributed by atoms with Crippen LogP contribution >= 0.6 is 0 Å². The lowest BCUT2D eigenvalue weighted by atomic mass is 10.0. The summed E-state index contributed by atoms with van der Waals surface area (Å²) < 4.78 is 82.6. The van der Waals surface area contributed by atoms with Gasteiger partial charge in [0.15, 0.2) is 6.10 Å². The third kappa shape index (κ3) is 7.97. The smallest absolute Gasteiger partial charge is 0.338 e. The molecule has 0 amide bonds. The van der Waals surface area contributed by atoms with E-state index in [2.05, 4.69) is 0 Å². The third-order valence-corrected chi connectivity index (χ3v) is 7.69. The molecule has 0 radical (unpaired) electrons. The van der Waals surface area contributed by atoms with Crippen molar-refractivity contribution in [1.29, 1.82) is 0 Å². The Morgan fingerprint density at radius 1 is 0.733 bits per heavy atom. The van der Waals surface area contributed by atoms with Gasteiger partial charge in [0, 0.05) is 0 Å². The molecule has 1 fully saturated rings. The maximum absolute atomic E-state index is 15.5. The Hall–Kier alpha value is -4.49. The van der Waals surface area contributed by atoms with Gasteiger partial charge in [-0.3, -0.25) is 4.55 Å². The first kappa shape index (κ1) is 31.9. The minimum absolute atomic E-state index is 0.0181. The molecule has 45 heavy (non-hydrogen) atoms. The highest BCUT2D eigenvalue weighted by molar-refractivity contribution is 7.85. The molecule has 0 bridgehead atoms. The fourth-order valence-electron chi connectivity index (χ4n) is 4.68. The van der Waals surface area contributed by atoms with Crippen LogP contribution in [0.3, 0.4) is 0 Å².